The number of sulfonamides is 1. The third kappa shape index (κ3) is 3.54. The van der Waals surface area contributed by atoms with Gasteiger partial charge in [0.05, 0.1) is 10.6 Å². The molecule has 32 heavy (non-hydrogen) atoms. The van der Waals surface area contributed by atoms with E-state index in [1.165, 1.54) is 28.6 Å². The Morgan fingerprint density at radius 3 is 1.91 bits per heavy atom. The first-order valence-electron chi connectivity index (χ1n) is 10.5. The lowest BCUT2D eigenvalue weighted by Crippen LogP contribution is -2.28. The first kappa shape index (κ1) is 20.6. The fraction of sp³-hybridized carbons (Fsp3) is 0.154. The Morgan fingerprint density at radius 1 is 0.750 bits per heavy atom. The Morgan fingerprint density at radius 2 is 1.31 bits per heavy atom. The van der Waals surface area contributed by atoms with E-state index in [4.69, 9.17) is 0 Å². The molecule has 4 aromatic carbocycles. The summed E-state index contributed by atoms with van der Waals surface area (Å²) in [6.45, 7) is 0.328. The van der Waals surface area contributed by atoms with E-state index in [1.54, 1.807) is 36.4 Å². The Bertz CT molecular complexity index is 1330. The Kier molecular flexibility index (Phi) is 5.18. The minimum Gasteiger partial charge on any atom is -0.266 e. The number of halogens is 2. The first-order chi connectivity index (χ1) is 15.4. The number of anilines is 1. The number of benzene rings is 4. The fourth-order valence-corrected chi connectivity index (χ4v) is 6.30. The molecule has 0 saturated heterocycles. The van der Waals surface area contributed by atoms with Crippen LogP contribution in [-0.4, -0.2) is 15.0 Å². The maximum Gasteiger partial charge on any atom is 0.265 e. The summed E-state index contributed by atoms with van der Waals surface area (Å²) in [5.41, 5.74) is 2.53. The molecule has 0 spiro atoms. The van der Waals surface area contributed by atoms with Gasteiger partial charge in [-0.25, -0.2) is 17.2 Å². The molecule has 0 bridgehead atoms. The topological polar surface area (TPSA) is 37.4 Å². The quantitative estimate of drug-likeness (QED) is 0.349. The van der Waals surface area contributed by atoms with Gasteiger partial charge in [-0.2, -0.15) is 0 Å². The van der Waals surface area contributed by atoms with Gasteiger partial charge in [-0.3, -0.25) is 4.31 Å². The molecular weight excluding hydrogens is 428 g/mol. The SMILES string of the molecule is O=S1(=O)c2cccc3cccc(c23)N1CCCC(c1ccc(F)cc1)c1ccc(F)cc1. The minimum absolute atomic E-state index is 0.0975. The molecule has 0 aliphatic carbocycles. The van der Waals surface area contributed by atoms with Gasteiger partial charge >= 0.3 is 0 Å². The van der Waals surface area contributed by atoms with Gasteiger partial charge in [-0.15, -0.1) is 0 Å². The predicted molar refractivity (Wildman–Crippen MR) is 122 cm³/mol. The van der Waals surface area contributed by atoms with Crippen LogP contribution in [0.25, 0.3) is 10.8 Å². The molecule has 1 heterocycles. The van der Waals surface area contributed by atoms with E-state index in [1.807, 2.05) is 24.3 Å². The van der Waals surface area contributed by atoms with Gasteiger partial charge in [0.2, 0.25) is 0 Å². The second kappa shape index (κ2) is 8.02. The zero-order valence-corrected chi connectivity index (χ0v) is 18.0. The van der Waals surface area contributed by atoms with Crippen LogP contribution >= 0.6 is 0 Å². The molecule has 0 unspecified atom stereocenters. The molecule has 0 radical (unpaired) electrons. The van der Waals surface area contributed by atoms with Crippen molar-refractivity contribution in [2.75, 3.05) is 10.8 Å². The van der Waals surface area contributed by atoms with Crippen LogP contribution in [-0.2, 0) is 10.0 Å². The van der Waals surface area contributed by atoms with E-state index in [2.05, 4.69) is 0 Å². The predicted octanol–water partition coefficient (Wildman–Crippen LogP) is 6.24. The highest BCUT2D eigenvalue weighted by Gasteiger charge is 2.35. The molecule has 0 atom stereocenters. The van der Waals surface area contributed by atoms with E-state index in [0.717, 1.165) is 21.9 Å². The van der Waals surface area contributed by atoms with Crippen LogP contribution in [0.15, 0.2) is 89.8 Å². The molecule has 0 N–H and O–H groups in total. The Balaban J connectivity index is 1.42. The van der Waals surface area contributed by atoms with Crippen molar-refractivity contribution in [1.29, 1.82) is 0 Å². The zero-order valence-electron chi connectivity index (χ0n) is 17.2. The number of rotatable bonds is 6. The van der Waals surface area contributed by atoms with E-state index < -0.39 is 10.0 Å². The highest BCUT2D eigenvalue weighted by atomic mass is 32.2. The number of hydrogen-bond donors (Lipinski definition) is 0. The lowest BCUT2D eigenvalue weighted by atomic mass is 9.87. The molecule has 0 saturated carbocycles. The van der Waals surface area contributed by atoms with Crippen LogP contribution < -0.4 is 4.31 Å². The van der Waals surface area contributed by atoms with Crippen molar-refractivity contribution in [3.05, 3.63) is 108 Å². The van der Waals surface area contributed by atoms with Crippen LogP contribution in [0.5, 0.6) is 0 Å². The molecule has 0 amide bonds. The third-order valence-corrected chi connectivity index (χ3v) is 7.94. The van der Waals surface area contributed by atoms with Gasteiger partial charge in [-0.1, -0.05) is 48.5 Å². The lowest BCUT2D eigenvalue weighted by molar-refractivity contribution is 0.587. The molecule has 0 aromatic heterocycles. The van der Waals surface area contributed by atoms with Gasteiger partial charge in [0, 0.05) is 17.8 Å². The van der Waals surface area contributed by atoms with Crippen LogP contribution in [0.4, 0.5) is 14.5 Å². The summed E-state index contributed by atoms with van der Waals surface area (Å²) in [7, 11) is -3.60. The average Bonchev–Trinajstić information content (AvgIpc) is 3.01. The van der Waals surface area contributed by atoms with Gasteiger partial charge in [0.25, 0.3) is 10.0 Å². The summed E-state index contributed by atoms with van der Waals surface area (Å²) in [5, 5.41) is 1.67. The fourth-order valence-electron chi connectivity index (χ4n) is 4.55. The maximum atomic E-state index is 13.5. The summed E-state index contributed by atoms with van der Waals surface area (Å²) in [6, 6.07) is 23.5. The third-order valence-electron chi connectivity index (χ3n) is 6.08. The van der Waals surface area contributed by atoms with Gasteiger partial charge < -0.3 is 0 Å². The summed E-state index contributed by atoms with van der Waals surface area (Å²) in [6.07, 6.45) is 1.22. The molecule has 0 fully saturated rings. The van der Waals surface area contributed by atoms with Crippen molar-refractivity contribution in [2.24, 2.45) is 0 Å². The standard InChI is InChI=1S/C26H21F2NO2S/c27-21-13-9-18(10-14-21)23(19-11-15-22(28)16-12-19)6-3-17-29-24-7-1-4-20-5-2-8-25(26(20)24)32(29,30)31/h1-2,4-5,7-16,23H,3,6,17H2. The monoisotopic (exact) mass is 449 g/mol. The smallest absolute Gasteiger partial charge is 0.265 e. The second-order valence-electron chi connectivity index (χ2n) is 8.01. The Hall–Kier alpha value is -3.25. The van der Waals surface area contributed by atoms with Crippen molar-refractivity contribution in [2.45, 2.75) is 23.7 Å². The van der Waals surface area contributed by atoms with Crippen molar-refractivity contribution in [3.63, 3.8) is 0 Å². The van der Waals surface area contributed by atoms with Crippen LogP contribution in [0, 0.1) is 11.6 Å². The molecular formula is C26H21F2NO2S. The highest BCUT2D eigenvalue weighted by molar-refractivity contribution is 7.93. The molecule has 1 aliphatic heterocycles. The lowest BCUT2D eigenvalue weighted by Gasteiger charge is -2.22. The minimum atomic E-state index is -3.60. The van der Waals surface area contributed by atoms with Crippen molar-refractivity contribution >= 4 is 26.5 Å². The average molecular weight is 450 g/mol. The van der Waals surface area contributed by atoms with E-state index >= 15 is 0 Å². The Labute approximate surface area is 186 Å². The van der Waals surface area contributed by atoms with Gasteiger partial charge in [-0.05, 0) is 65.8 Å². The number of nitrogens with zero attached hydrogens (tertiary/aromatic N) is 1. The van der Waals surface area contributed by atoms with Crippen LogP contribution in [0.3, 0.4) is 0 Å². The maximum absolute atomic E-state index is 13.5. The molecule has 162 valence electrons. The molecule has 1 aliphatic rings. The van der Waals surface area contributed by atoms with Crippen molar-refractivity contribution < 1.29 is 17.2 Å². The largest absolute Gasteiger partial charge is 0.266 e. The van der Waals surface area contributed by atoms with Crippen LogP contribution in [0.2, 0.25) is 0 Å². The van der Waals surface area contributed by atoms with E-state index in [0.29, 0.717) is 30.0 Å². The van der Waals surface area contributed by atoms with Crippen LogP contribution in [0.1, 0.15) is 29.9 Å². The van der Waals surface area contributed by atoms with E-state index in [-0.39, 0.29) is 17.6 Å². The van der Waals surface area contributed by atoms with Gasteiger partial charge in [0.15, 0.2) is 0 Å². The first-order valence-corrected chi connectivity index (χ1v) is 11.9. The van der Waals surface area contributed by atoms with Gasteiger partial charge in [0.1, 0.15) is 11.6 Å². The number of hydrogen-bond acceptors (Lipinski definition) is 2. The summed E-state index contributed by atoms with van der Waals surface area (Å²) >= 11 is 0. The molecule has 3 nitrogen and oxygen atoms in total. The second-order valence-corrected chi connectivity index (χ2v) is 9.84. The normalized spacial score (nSPS) is 14.4. The highest BCUT2D eigenvalue weighted by Crippen LogP contribution is 2.42. The van der Waals surface area contributed by atoms with E-state index in [9.17, 15) is 17.2 Å². The molecule has 4 aromatic rings. The summed E-state index contributed by atoms with van der Waals surface area (Å²) in [5.74, 6) is -0.735. The summed E-state index contributed by atoms with van der Waals surface area (Å²) < 4.78 is 54.8. The molecule has 5 rings (SSSR count). The van der Waals surface area contributed by atoms with Crippen molar-refractivity contribution in [3.8, 4) is 0 Å². The molecule has 6 heteroatoms. The van der Waals surface area contributed by atoms with Crippen molar-refractivity contribution in [1.82, 2.24) is 0 Å². The summed E-state index contributed by atoms with van der Waals surface area (Å²) in [4.78, 5) is 0.346. The zero-order chi connectivity index (χ0) is 22.3.